The third-order valence-electron chi connectivity index (χ3n) is 5.92. The first kappa shape index (κ1) is 29.4. The van der Waals surface area contributed by atoms with Crippen molar-refractivity contribution in [2.45, 2.75) is 45.9 Å². The molecule has 0 aliphatic carbocycles. The first-order valence-electron chi connectivity index (χ1n) is 13.0. The molecule has 4 rings (SSSR count). The van der Waals surface area contributed by atoms with E-state index in [0.717, 1.165) is 0 Å². The lowest BCUT2D eigenvalue weighted by molar-refractivity contribution is -0.262. The van der Waals surface area contributed by atoms with Gasteiger partial charge in [-0.2, -0.15) is 4.98 Å². The molecule has 0 radical (unpaired) electrons. The molecule has 1 aliphatic rings. The number of hydrogen-bond donors (Lipinski definition) is 3. The molecule has 2 amide bonds. The number of aromatic nitrogens is 2. The Morgan fingerprint density at radius 3 is 2.37 bits per heavy atom. The molecule has 1 aromatic heterocycles. The smallest absolute Gasteiger partial charge is 0.406 e. The van der Waals surface area contributed by atoms with Crippen LogP contribution in [0.25, 0.3) is 22.8 Å². The van der Waals surface area contributed by atoms with Crippen molar-refractivity contribution in [2.75, 3.05) is 31.7 Å². The van der Waals surface area contributed by atoms with Crippen molar-refractivity contribution in [3.05, 3.63) is 42.0 Å². The molecule has 1 saturated heterocycles. The van der Waals surface area contributed by atoms with Crippen LogP contribution in [0.15, 0.2) is 40.9 Å². The van der Waals surface area contributed by atoms with Gasteiger partial charge in [-0.25, -0.2) is 4.79 Å². The summed E-state index contributed by atoms with van der Waals surface area (Å²) in [7, 11) is 0. The molecule has 3 N–H and O–H groups in total. The molecule has 0 atom stereocenters. The molecule has 3 aromatic rings. The summed E-state index contributed by atoms with van der Waals surface area (Å²) in [5, 5.41) is 18.7. The largest absolute Gasteiger partial charge is 0.490 e. The fraction of sp³-hybridized carbons (Fsp3) is 0.379. The number of nitrogens with one attached hydrogen (secondary N) is 2. The van der Waals surface area contributed by atoms with Crippen molar-refractivity contribution in [1.82, 2.24) is 15.5 Å². The highest BCUT2D eigenvalue weighted by molar-refractivity contribution is 5.91. The fourth-order valence-electron chi connectivity index (χ4n) is 3.97. The summed E-state index contributed by atoms with van der Waals surface area (Å²) in [5.74, 6) is 6.48. The van der Waals surface area contributed by atoms with Gasteiger partial charge in [-0.3, -0.25) is 4.79 Å². The second-order valence-corrected chi connectivity index (χ2v) is 9.63. The topological polar surface area (TPSA) is 154 Å². The van der Waals surface area contributed by atoms with Crippen LogP contribution >= 0.6 is 0 Å². The molecule has 41 heavy (non-hydrogen) atoms. The summed E-state index contributed by atoms with van der Waals surface area (Å²) < 4.78 is 28.2. The zero-order chi connectivity index (χ0) is 29.6. The summed E-state index contributed by atoms with van der Waals surface area (Å²) in [6.45, 7) is 9.50. The van der Waals surface area contributed by atoms with E-state index in [-0.39, 0.29) is 30.8 Å². The lowest BCUT2D eigenvalue weighted by atomic mass is 9.99. The van der Waals surface area contributed by atoms with E-state index in [9.17, 15) is 14.7 Å². The Kier molecular flexibility index (Phi) is 8.80. The highest BCUT2D eigenvalue weighted by Gasteiger charge is 2.40. The van der Waals surface area contributed by atoms with Crippen molar-refractivity contribution in [3.63, 3.8) is 0 Å². The predicted octanol–water partition coefficient (Wildman–Crippen LogP) is 4.30. The van der Waals surface area contributed by atoms with E-state index in [4.69, 9.17) is 23.5 Å². The van der Waals surface area contributed by atoms with Crippen LogP contribution in [0.4, 0.5) is 10.5 Å². The van der Waals surface area contributed by atoms with E-state index < -0.39 is 17.4 Å². The molecule has 0 unspecified atom stereocenters. The standard InChI is InChI=1S/C29H32N4O8/c1-6-37-23-11-9-21(15-24(23)38-7-2)26-31-25(33-41-26)20-8-10-22(30-18(3)34)19(14-20)12-13-29(32-27(35)36)16-39-28(4,5)40-17-29/h8-11,14-15,32H,6-7,16-17H2,1-5H3,(H,30,34)(H,35,36). The van der Waals surface area contributed by atoms with Gasteiger partial charge in [0.15, 0.2) is 22.8 Å². The van der Waals surface area contributed by atoms with Crippen LogP contribution in [0.2, 0.25) is 0 Å². The number of carboxylic acid groups (broad SMARTS) is 1. The summed E-state index contributed by atoms with van der Waals surface area (Å²) in [6.07, 6.45) is -1.27. The van der Waals surface area contributed by atoms with Crippen LogP contribution in [0.1, 0.15) is 40.2 Å². The first-order valence-corrected chi connectivity index (χ1v) is 13.0. The van der Waals surface area contributed by atoms with Crippen molar-refractivity contribution in [1.29, 1.82) is 0 Å². The maximum Gasteiger partial charge on any atom is 0.406 e. The number of hydrogen-bond acceptors (Lipinski definition) is 9. The maximum absolute atomic E-state index is 11.9. The van der Waals surface area contributed by atoms with E-state index in [1.807, 2.05) is 13.8 Å². The van der Waals surface area contributed by atoms with Crippen LogP contribution in [0.5, 0.6) is 11.5 Å². The van der Waals surface area contributed by atoms with Gasteiger partial charge in [0.2, 0.25) is 11.7 Å². The predicted molar refractivity (Wildman–Crippen MR) is 149 cm³/mol. The minimum Gasteiger partial charge on any atom is -0.490 e. The Morgan fingerprint density at radius 1 is 1.02 bits per heavy atom. The van der Waals surface area contributed by atoms with E-state index in [2.05, 4.69) is 32.6 Å². The summed E-state index contributed by atoms with van der Waals surface area (Å²) in [4.78, 5) is 27.9. The molecular formula is C29H32N4O8. The number of amides is 2. The van der Waals surface area contributed by atoms with Crippen molar-refractivity contribution in [3.8, 4) is 46.2 Å². The number of benzene rings is 2. The average molecular weight is 565 g/mol. The Labute approximate surface area is 237 Å². The average Bonchev–Trinajstić information content (AvgIpc) is 3.41. The number of ether oxygens (including phenoxy) is 4. The minimum absolute atomic E-state index is 0.0333. The summed E-state index contributed by atoms with van der Waals surface area (Å²) in [6, 6.07) is 10.4. The first-order chi connectivity index (χ1) is 19.5. The molecule has 0 bridgehead atoms. The molecule has 12 nitrogen and oxygen atoms in total. The second kappa shape index (κ2) is 12.3. The van der Waals surface area contributed by atoms with Gasteiger partial charge in [0.25, 0.3) is 5.89 Å². The zero-order valence-corrected chi connectivity index (χ0v) is 23.5. The number of carbonyl (C=O) groups is 2. The molecule has 12 heteroatoms. The van der Waals surface area contributed by atoms with Crippen molar-refractivity contribution in [2.24, 2.45) is 0 Å². The van der Waals surface area contributed by atoms with Gasteiger partial charge in [0, 0.05) is 23.6 Å². The number of anilines is 1. The number of rotatable bonds is 8. The van der Waals surface area contributed by atoms with Gasteiger partial charge in [-0.15, -0.1) is 0 Å². The molecule has 1 aliphatic heterocycles. The Morgan fingerprint density at radius 2 is 1.71 bits per heavy atom. The molecule has 0 saturated carbocycles. The molecule has 0 spiro atoms. The van der Waals surface area contributed by atoms with E-state index in [0.29, 0.717) is 47.1 Å². The molecule has 216 valence electrons. The van der Waals surface area contributed by atoms with Gasteiger partial charge in [0.1, 0.15) is 0 Å². The monoisotopic (exact) mass is 564 g/mol. The van der Waals surface area contributed by atoms with Crippen LogP contribution in [0.3, 0.4) is 0 Å². The quantitative estimate of drug-likeness (QED) is 0.337. The fourth-order valence-corrected chi connectivity index (χ4v) is 3.97. The maximum atomic E-state index is 11.9. The zero-order valence-electron chi connectivity index (χ0n) is 23.5. The lowest BCUT2D eigenvalue weighted by Gasteiger charge is -2.40. The SMILES string of the molecule is CCOc1ccc(-c2nc(-c3ccc(NC(C)=O)c(C#CC4(NC(=O)O)COC(C)(C)OC4)c3)no2)cc1OCC. The van der Waals surface area contributed by atoms with Crippen molar-refractivity contribution < 1.29 is 38.2 Å². The normalized spacial score (nSPS) is 15.2. The summed E-state index contributed by atoms with van der Waals surface area (Å²) in [5.41, 5.74) is 0.712. The third kappa shape index (κ3) is 7.33. The van der Waals surface area contributed by atoms with Gasteiger partial charge in [-0.05, 0) is 64.1 Å². The Hall–Kier alpha value is -4.60. The van der Waals surface area contributed by atoms with Gasteiger partial charge in [0.05, 0.1) is 32.1 Å². The van der Waals surface area contributed by atoms with Gasteiger partial charge in [-0.1, -0.05) is 17.0 Å². The van der Waals surface area contributed by atoms with Gasteiger partial charge >= 0.3 is 6.09 Å². The molecule has 1 fully saturated rings. The van der Waals surface area contributed by atoms with Crippen LogP contribution in [-0.2, 0) is 14.3 Å². The van der Waals surface area contributed by atoms with Crippen LogP contribution in [-0.4, -0.2) is 65.0 Å². The van der Waals surface area contributed by atoms with Crippen LogP contribution in [0, 0.1) is 11.8 Å². The highest BCUT2D eigenvalue weighted by atomic mass is 16.7. The van der Waals surface area contributed by atoms with E-state index in [1.54, 1.807) is 50.2 Å². The number of nitrogens with zero attached hydrogens (tertiary/aromatic N) is 2. The Balaban J connectivity index is 1.69. The highest BCUT2D eigenvalue weighted by Crippen LogP contribution is 2.33. The third-order valence-corrected chi connectivity index (χ3v) is 5.92. The van der Waals surface area contributed by atoms with Crippen molar-refractivity contribution >= 4 is 17.7 Å². The molecule has 2 heterocycles. The molecular weight excluding hydrogens is 532 g/mol. The van der Waals surface area contributed by atoms with Gasteiger partial charge < -0.3 is 39.2 Å². The van der Waals surface area contributed by atoms with E-state index in [1.165, 1.54) is 6.92 Å². The Bertz CT molecular complexity index is 1480. The second-order valence-electron chi connectivity index (χ2n) is 9.63. The summed E-state index contributed by atoms with van der Waals surface area (Å²) >= 11 is 0. The van der Waals surface area contributed by atoms with E-state index >= 15 is 0 Å². The minimum atomic E-state index is -1.32. The lowest BCUT2D eigenvalue weighted by Crippen LogP contribution is -2.60. The van der Waals surface area contributed by atoms with Crippen LogP contribution < -0.4 is 20.1 Å². The molecule has 2 aromatic carbocycles. The number of carbonyl (C=O) groups excluding carboxylic acids is 1.